The number of aromatic amines is 1. The number of amides is 1. The Hall–Kier alpha value is -3.16. The Labute approximate surface area is 175 Å². The Bertz CT molecular complexity index is 987. The molecule has 1 aliphatic rings. The Morgan fingerprint density at radius 2 is 1.97 bits per heavy atom. The first-order valence-corrected chi connectivity index (χ1v) is 10.1. The molecule has 0 spiro atoms. The van der Waals surface area contributed by atoms with Crippen LogP contribution in [-0.4, -0.2) is 62.4 Å². The van der Waals surface area contributed by atoms with Crippen molar-refractivity contribution in [1.29, 1.82) is 0 Å². The summed E-state index contributed by atoms with van der Waals surface area (Å²) in [6, 6.07) is 15.9. The average molecular weight is 406 g/mol. The van der Waals surface area contributed by atoms with Crippen LogP contribution < -0.4 is 10.2 Å². The van der Waals surface area contributed by atoms with Crippen LogP contribution in [-0.2, 0) is 14.3 Å². The molecule has 0 unspecified atom stereocenters. The number of benzene rings is 2. The third-order valence-corrected chi connectivity index (χ3v) is 5.06. The number of carbonyl (C=O) groups excluding carboxylic acids is 1. The number of morpholine rings is 1. The lowest BCUT2D eigenvalue weighted by Crippen LogP contribution is -2.36. The fourth-order valence-corrected chi connectivity index (χ4v) is 3.45. The third kappa shape index (κ3) is 4.69. The van der Waals surface area contributed by atoms with Crippen LogP contribution in [0.25, 0.3) is 22.7 Å². The van der Waals surface area contributed by atoms with E-state index >= 15 is 0 Å². The minimum absolute atomic E-state index is 0.191. The highest BCUT2D eigenvalue weighted by Gasteiger charge is 2.16. The van der Waals surface area contributed by atoms with Gasteiger partial charge in [0.2, 0.25) is 0 Å². The molecular formula is C23H26N4O3. The van der Waals surface area contributed by atoms with Crippen molar-refractivity contribution < 1.29 is 14.3 Å². The molecule has 2 aromatic carbocycles. The molecule has 0 atom stereocenters. The minimum Gasteiger partial charge on any atom is -0.383 e. The molecule has 2 N–H and O–H groups in total. The molecule has 7 heteroatoms. The number of hydrogen-bond acceptors (Lipinski definition) is 5. The highest BCUT2D eigenvalue weighted by molar-refractivity contribution is 6.23. The largest absolute Gasteiger partial charge is 0.383 e. The molecule has 1 amide bonds. The molecule has 7 nitrogen and oxygen atoms in total. The summed E-state index contributed by atoms with van der Waals surface area (Å²) in [5.74, 6) is 0.353. The maximum atomic E-state index is 12.9. The summed E-state index contributed by atoms with van der Waals surface area (Å²) in [4.78, 5) is 23.1. The van der Waals surface area contributed by atoms with Gasteiger partial charge in [0, 0.05) is 32.4 Å². The van der Waals surface area contributed by atoms with Crippen molar-refractivity contribution in [2.75, 3.05) is 51.5 Å². The summed E-state index contributed by atoms with van der Waals surface area (Å²) >= 11 is 0. The Morgan fingerprint density at radius 3 is 2.70 bits per heavy atom. The molecule has 2 heterocycles. The van der Waals surface area contributed by atoms with Crippen molar-refractivity contribution >= 4 is 34.3 Å². The van der Waals surface area contributed by atoms with Crippen molar-refractivity contribution in [3.8, 4) is 0 Å². The summed E-state index contributed by atoms with van der Waals surface area (Å²) in [7, 11) is 1.61. The van der Waals surface area contributed by atoms with Crippen molar-refractivity contribution in [3.05, 3.63) is 59.9 Å². The third-order valence-electron chi connectivity index (χ3n) is 5.06. The monoisotopic (exact) mass is 406 g/mol. The summed E-state index contributed by atoms with van der Waals surface area (Å²) in [6.07, 6.45) is 1.86. The van der Waals surface area contributed by atoms with E-state index in [9.17, 15) is 4.79 Å². The van der Waals surface area contributed by atoms with Crippen LogP contribution in [0.4, 0.5) is 5.69 Å². The van der Waals surface area contributed by atoms with Gasteiger partial charge in [-0.05, 0) is 35.9 Å². The fourth-order valence-electron chi connectivity index (χ4n) is 3.45. The molecule has 4 rings (SSSR count). The van der Waals surface area contributed by atoms with E-state index in [0.717, 1.165) is 48.6 Å². The van der Waals surface area contributed by atoms with Crippen LogP contribution in [0.1, 0.15) is 11.4 Å². The predicted octanol–water partition coefficient (Wildman–Crippen LogP) is 2.70. The van der Waals surface area contributed by atoms with Crippen LogP contribution >= 0.6 is 0 Å². The van der Waals surface area contributed by atoms with Crippen molar-refractivity contribution in [3.63, 3.8) is 0 Å². The van der Waals surface area contributed by atoms with E-state index in [1.807, 2.05) is 42.5 Å². The number of fused-ring (bicyclic) bond motifs is 1. The first-order valence-electron chi connectivity index (χ1n) is 10.1. The van der Waals surface area contributed by atoms with Gasteiger partial charge < -0.3 is 24.7 Å². The number of nitrogens with zero attached hydrogens (tertiary/aromatic N) is 2. The van der Waals surface area contributed by atoms with Gasteiger partial charge in [-0.2, -0.15) is 0 Å². The number of hydrogen-bond donors (Lipinski definition) is 2. The molecule has 0 saturated carbocycles. The lowest BCUT2D eigenvalue weighted by atomic mass is 10.1. The van der Waals surface area contributed by atoms with Crippen LogP contribution in [0.5, 0.6) is 0 Å². The molecule has 1 aliphatic heterocycles. The van der Waals surface area contributed by atoms with Crippen molar-refractivity contribution in [2.45, 2.75) is 0 Å². The zero-order valence-electron chi connectivity index (χ0n) is 17.1. The number of nitrogens with one attached hydrogen (secondary N) is 2. The number of methoxy groups -OCH3 is 1. The number of para-hydroxylation sites is 2. The molecule has 156 valence electrons. The van der Waals surface area contributed by atoms with E-state index in [2.05, 4.69) is 32.3 Å². The second kappa shape index (κ2) is 9.56. The zero-order chi connectivity index (χ0) is 20.8. The highest BCUT2D eigenvalue weighted by atomic mass is 16.5. The first-order chi connectivity index (χ1) is 14.7. The Kier molecular flexibility index (Phi) is 6.41. The lowest BCUT2D eigenvalue weighted by molar-refractivity contribution is -0.115. The second-order valence-electron chi connectivity index (χ2n) is 7.10. The number of imidazole rings is 1. The molecule has 0 bridgehead atoms. The van der Waals surface area contributed by atoms with E-state index < -0.39 is 0 Å². The van der Waals surface area contributed by atoms with Gasteiger partial charge >= 0.3 is 0 Å². The highest BCUT2D eigenvalue weighted by Crippen LogP contribution is 2.22. The van der Waals surface area contributed by atoms with Crippen LogP contribution in [0.3, 0.4) is 0 Å². The van der Waals surface area contributed by atoms with E-state index in [1.165, 1.54) is 0 Å². The quantitative estimate of drug-likeness (QED) is 0.466. The molecule has 1 aromatic heterocycles. The zero-order valence-corrected chi connectivity index (χ0v) is 17.1. The smallest absolute Gasteiger partial charge is 0.255 e. The van der Waals surface area contributed by atoms with Gasteiger partial charge in [-0.25, -0.2) is 4.98 Å². The Balaban J connectivity index is 1.62. The van der Waals surface area contributed by atoms with Gasteiger partial charge in [-0.15, -0.1) is 0 Å². The van der Waals surface area contributed by atoms with Gasteiger partial charge in [0.25, 0.3) is 5.91 Å². The normalized spacial score (nSPS) is 14.8. The van der Waals surface area contributed by atoms with E-state index in [1.54, 1.807) is 7.11 Å². The standard InChI is InChI=1S/C23H26N4O3/c1-29-13-10-24-23(28)19(22-25-20-4-2-3-5-21(20)26-22)16-17-6-8-18(9-7-17)27-11-14-30-15-12-27/h2-9,16H,10-15H2,1H3,(H,24,28)(H,25,26). The summed E-state index contributed by atoms with van der Waals surface area (Å²) in [5.41, 5.74) is 4.30. The van der Waals surface area contributed by atoms with Gasteiger partial charge in [-0.1, -0.05) is 24.3 Å². The number of aromatic nitrogens is 2. The van der Waals surface area contributed by atoms with Crippen molar-refractivity contribution in [1.82, 2.24) is 15.3 Å². The van der Waals surface area contributed by atoms with Gasteiger partial charge in [0.05, 0.1) is 36.4 Å². The van der Waals surface area contributed by atoms with Gasteiger partial charge in [0.15, 0.2) is 0 Å². The average Bonchev–Trinajstić information content (AvgIpc) is 3.22. The number of anilines is 1. The molecular weight excluding hydrogens is 380 g/mol. The first kappa shape index (κ1) is 20.1. The van der Waals surface area contributed by atoms with E-state index in [-0.39, 0.29) is 5.91 Å². The topological polar surface area (TPSA) is 79.5 Å². The summed E-state index contributed by atoms with van der Waals surface area (Å²) in [6.45, 7) is 4.16. The number of carbonyl (C=O) groups is 1. The molecule has 0 radical (unpaired) electrons. The summed E-state index contributed by atoms with van der Waals surface area (Å²) in [5, 5.41) is 2.90. The maximum absolute atomic E-state index is 12.9. The minimum atomic E-state index is -0.191. The number of ether oxygens (including phenoxy) is 2. The van der Waals surface area contributed by atoms with Gasteiger partial charge in [0.1, 0.15) is 5.82 Å². The van der Waals surface area contributed by atoms with Crippen molar-refractivity contribution in [2.24, 2.45) is 0 Å². The van der Waals surface area contributed by atoms with Gasteiger partial charge in [-0.3, -0.25) is 4.79 Å². The number of rotatable bonds is 7. The maximum Gasteiger partial charge on any atom is 0.255 e. The lowest BCUT2D eigenvalue weighted by Gasteiger charge is -2.28. The molecule has 30 heavy (non-hydrogen) atoms. The summed E-state index contributed by atoms with van der Waals surface area (Å²) < 4.78 is 10.5. The van der Waals surface area contributed by atoms with Crippen LogP contribution in [0.2, 0.25) is 0 Å². The van der Waals surface area contributed by atoms with E-state index in [0.29, 0.717) is 24.5 Å². The molecule has 1 saturated heterocycles. The molecule has 0 aliphatic carbocycles. The van der Waals surface area contributed by atoms with E-state index in [4.69, 9.17) is 9.47 Å². The fraction of sp³-hybridized carbons (Fsp3) is 0.304. The molecule has 1 fully saturated rings. The Morgan fingerprint density at radius 1 is 1.20 bits per heavy atom. The number of H-pyrrole nitrogens is 1. The predicted molar refractivity (Wildman–Crippen MR) is 118 cm³/mol. The van der Waals surface area contributed by atoms with Crippen LogP contribution in [0, 0.1) is 0 Å². The van der Waals surface area contributed by atoms with Crippen LogP contribution in [0.15, 0.2) is 48.5 Å². The second-order valence-corrected chi connectivity index (χ2v) is 7.10. The molecule has 3 aromatic rings. The SMILES string of the molecule is COCCNC(=O)C(=Cc1ccc(N2CCOCC2)cc1)c1nc2ccccc2[nH]1.